The third-order valence-electron chi connectivity index (χ3n) is 4.74. The summed E-state index contributed by atoms with van der Waals surface area (Å²) in [5.74, 6) is -0.186. The molecule has 2 aliphatic rings. The molecule has 1 heterocycles. The van der Waals surface area contributed by atoms with E-state index in [-0.39, 0.29) is 16.6 Å². The molecule has 0 radical (unpaired) electrons. The fourth-order valence-corrected chi connectivity index (χ4v) is 3.20. The first-order valence-electron chi connectivity index (χ1n) is 6.39. The minimum absolute atomic E-state index is 0.186. The Bertz CT molecular complexity index is 524. The summed E-state index contributed by atoms with van der Waals surface area (Å²) in [5, 5.41) is 9.54. The number of ether oxygens (including phenoxy) is 1. The molecule has 0 bridgehead atoms. The Labute approximate surface area is 106 Å². The largest absolute Gasteiger partial charge is 0.379 e. The van der Waals surface area contributed by atoms with E-state index >= 15 is 0 Å². The maximum atomic E-state index is 13.4. The maximum absolute atomic E-state index is 13.4. The van der Waals surface area contributed by atoms with Crippen LogP contribution in [-0.2, 0) is 10.2 Å². The van der Waals surface area contributed by atoms with Crippen LogP contribution in [0.5, 0.6) is 0 Å². The molecule has 2 fully saturated rings. The van der Waals surface area contributed by atoms with Crippen molar-refractivity contribution < 1.29 is 9.13 Å². The van der Waals surface area contributed by atoms with Crippen molar-refractivity contribution in [2.45, 2.75) is 31.6 Å². The molecule has 1 aromatic carbocycles. The van der Waals surface area contributed by atoms with E-state index in [0.717, 1.165) is 24.8 Å². The average molecular weight is 245 g/mol. The van der Waals surface area contributed by atoms with Gasteiger partial charge in [0.1, 0.15) is 5.82 Å². The third kappa shape index (κ3) is 1.30. The van der Waals surface area contributed by atoms with E-state index < -0.39 is 0 Å². The molecule has 0 unspecified atom stereocenters. The van der Waals surface area contributed by atoms with E-state index in [1.165, 1.54) is 6.07 Å². The van der Waals surface area contributed by atoms with Crippen LogP contribution in [0.3, 0.4) is 0 Å². The number of rotatable bonds is 2. The van der Waals surface area contributed by atoms with Crippen LogP contribution in [0.2, 0.25) is 0 Å². The second kappa shape index (κ2) is 3.80. The Morgan fingerprint density at radius 2 is 2.06 bits per heavy atom. The Hall–Kier alpha value is -1.40. The number of halogens is 1. The number of nitrogens with zero attached hydrogens (tertiary/aromatic N) is 1. The van der Waals surface area contributed by atoms with Gasteiger partial charge in [-0.3, -0.25) is 0 Å². The van der Waals surface area contributed by atoms with Gasteiger partial charge in [0.15, 0.2) is 0 Å². The molecule has 94 valence electrons. The highest BCUT2D eigenvalue weighted by Gasteiger charge is 2.60. The summed E-state index contributed by atoms with van der Waals surface area (Å²) in [7, 11) is 0. The van der Waals surface area contributed by atoms with Crippen LogP contribution < -0.4 is 0 Å². The van der Waals surface area contributed by atoms with Gasteiger partial charge in [-0.05, 0) is 37.0 Å². The Balaban J connectivity index is 2.06. The van der Waals surface area contributed by atoms with Gasteiger partial charge >= 0.3 is 0 Å². The van der Waals surface area contributed by atoms with Crippen molar-refractivity contribution >= 4 is 0 Å². The zero-order valence-corrected chi connectivity index (χ0v) is 10.5. The van der Waals surface area contributed by atoms with E-state index in [2.05, 4.69) is 6.07 Å². The zero-order chi connectivity index (χ0) is 12.8. The molecule has 2 nitrogen and oxygen atoms in total. The number of hydrogen-bond donors (Lipinski definition) is 0. The van der Waals surface area contributed by atoms with E-state index in [0.29, 0.717) is 18.8 Å². The predicted molar refractivity (Wildman–Crippen MR) is 65.5 cm³/mol. The van der Waals surface area contributed by atoms with Crippen LogP contribution in [-0.4, -0.2) is 13.2 Å². The van der Waals surface area contributed by atoms with Gasteiger partial charge in [-0.15, -0.1) is 0 Å². The molecule has 1 aromatic rings. The molecule has 0 atom stereocenters. The number of nitriles is 1. The predicted octanol–water partition coefficient (Wildman–Crippen LogP) is 3.10. The summed E-state index contributed by atoms with van der Waals surface area (Å²) in [6, 6.07) is 7.73. The van der Waals surface area contributed by atoms with Crippen molar-refractivity contribution in [3.63, 3.8) is 0 Å². The van der Waals surface area contributed by atoms with Gasteiger partial charge in [0.25, 0.3) is 0 Å². The van der Waals surface area contributed by atoms with Crippen molar-refractivity contribution in [2.75, 3.05) is 13.2 Å². The minimum Gasteiger partial charge on any atom is -0.379 e. The minimum atomic E-state index is -0.296. The van der Waals surface area contributed by atoms with Crippen LogP contribution in [0.1, 0.15) is 30.4 Å². The second-order valence-electron chi connectivity index (χ2n) is 5.59. The van der Waals surface area contributed by atoms with Gasteiger partial charge in [0, 0.05) is 0 Å². The van der Waals surface area contributed by atoms with E-state index in [1.54, 1.807) is 6.92 Å². The Morgan fingerprint density at radius 3 is 2.44 bits per heavy atom. The summed E-state index contributed by atoms with van der Waals surface area (Å²) in [5.41, 5.74) is 1.20. The molecular formula is C15H16FNO. The molecular weight excluding hydrogens is 229 g/mol. The first kappa shape index (κ1) is 11.7. The normalized spacial score (nSPS) is 23.6. The average Bonchev–Trinajstić information content (AvgIpc) is 2.25. The highest BCUT2D eigenvalue weighted by atomic mass is 19.1. The first-order chi connectivity index (χ1) is 8.63. The summed E-state index contributed by atoms with van der Waals surface area (Å²) in [6.45, 7) is 2.95. The summed E-state index contributed by atoms with van der Waals surface area (Å²) >= 11 is 0. The molecule has 3 heteroatoms. The van der Waals surface area contributed by atoms with Crippen molar-refractivity contribution in [3.05, 3.63) is 35.1 Å². The summed E-state index contributed by atoms with van der Waals surface area (Å²) in [6.07, 6.45) is 2.97. The van der Waals surface area contributed by atoms with Crippen LogP contribution in [0.15, 0.2) is 18.2 Å². The van der Waals surface area contributed by atoms with Crippen molar-refractivity contribution in [1.29, 1.82) is 5.26 Å². The van der Waals surface area contributed by atoms with Crippen LogP contribution in [0.25, 0.3) is 0 Å². The van der Waals surface area contributed by atoms with Gasteiger partial charge in [-0.25, -0.2) is 4.39 Å². The topological polar surface area (TPSA) is 33.0 Å². The molecule has 1 saturated heterocycles. The van der Waals surface area contributed by atoms with Crippen molar-refractivity contribution in [3.8, 4) is 6.07 Å². The molecule has 3 rings (SSSR count). The smallest absolute Gasteiger partial charge is 0.126 e. The summed E-state index contributed by atoms with van der Waals surface area (Å²) < 4.78 is 18.8. The second-order valence-corrected chi connectivity index (χ2v) is 5.59. The lowest BCUT2D eigenvalue weighted by Gasteiger charge is -2.56. The van der Waals surface area contributed by atoms with Crippen LogP contribution >= 0.6 is 0 Å². The Morgan fingerprint density at radius 1 is 1.33 bits per heavy atom. The molecule has 0 N–H and O–H groups in total. The van der Waals surface area contributed by atoms with Crippen molar-refractivity contribution in [1.82, 2.24) is 0 Å². The third-order valence-corrected chi connectivity index (χ3v) is 4.74. The number of benzene rings is 1. The number of hydrogen-bond acceptors (Lipinski definition) is 2. The highest BCUT2D eigenvalue weighted by molar-refractivity contribution is 5.39. The maximum Gasteiger partial charge on any atom is 0.126 e. The van der Waals surface area contributed by atoms with Gasteiger partial charge in [0.2, 0.25) is 0 Å². The SMILES string of the molecule is Cc1cc(C2(C3(C#N)CCC3)COC2)ccc1F. The molecule has 1 saturated carbocycles. The van der Waals surface area contributed by atoms with Gasteiger partial charge in [-0.2, -0.15) is 5.26 Å². The van der Waals surface area contributed by atoms with Crippen LogP contribution in [0.4, 0.5) is 4.39 Å². The fourth-order valence-electron chi connectivity index (χ4n) is 3.20. The quantitative estimate of drug-likeness (QED) is 0.802. The van der Waals surface area contributed by atoms with E-state index in [1.807, 2.05) is 12.1 Å². The highest BCUT2D eigenvalue weighted by Crippen LogP contribution is 2.58. The number of aryl methyl sites for hydroxylation is 1. The van der Waals surface area contributed by atoms with E-state index in [9.17, 15) is 9.65 Å². The van der Waals surface area contributed by atoms with E-state index in [4.69, 9.17) is 4.74 Å². The Kier molecular flexibility index (Phi) is 2.46. The zero-order valence-electron chi connectivity index (χ0n) is 10.5. The lowest BCUT2D eigenvalue weighted by molar-refractivity contribution is -0.134. The van der Waals surface area contributed by atoms with Crippen LogP contribution in [0, 0.1) is 29.5 Å². The molecule has 18 heavy (non-hydrogen) atoms. The standard InChI is InChI=1S/C15H16FNO/c1-11-7-12(3-4-13(11)16)15(9-18-10-15)14(8-17)5-2-6-14/h3-4,7H,2,5-6,9-10H2,1H3. The fraction of sp³-hybridized carbons (Fsp3) is 0.533. The molecule has 1 aliphatic heterocycles. The van der Waals surface area contributed by atoms with Gasteiger partial charge in [-0.1, -0.05) is 18.6 Å². The molecule has 0 amide bonds. The van der Waals surface area contributed by atoms with Crippen molar-refractivity contribution in [2.24, 2.45) is 5.41 Å². The first-order valence-corrected chi connectivity index (χ1v) is 6.39. The summed E-state index contributed by atoms with van der Waals surface area (Å²) in [4.78, 5) is 0. The monoisotopic (exact) mass is 245 g/mol. The molecule has 0 aromatic heterocycles. The lowest BCUT2D eigenvalue weighted by Crippen LogP contribution is -2.61. The lowest BCUT2D eigenvalue weighted by atomic mass is 9.50. The molecule has 0 spiro atoms. The van der Waals surface area contributed by atoms with Gasteiger partial charge in [0.05, 0.1) is 30.1 Å². The molecule has 1 aliphatic carbocycles. The van der Waals surface area contributed by atoms with Gasteiger partial charge < -0.3 is 4.74 Å².